The summed E-state index contributed by atoms with van der Waals surface area (Å²) in [6.45, 7) is 0.555. The molecule has 2 aliphatic heterocycles. The summed E-state index contributed by atoms with van der Waals surface area (Å²) in [4.78, 5) is 40.3. The summed E-state index contributed by atoms with van der Waals surface area (Å²) < 4.78 is 26.7. The Hall–Kier alpha value is -3.86. The molecule has 35 heavy (non-hydrogen) atoms. The van der Waals surface area contributed by atoms with Crippen molar-refractivity contribution in [3.05, 3.63) is 71.5 Å². The lowest BCUT2D eigenvalue weighted by Gasteiger charge is -2.24. The normalized spacial score (nSPS) is 17.7. The van der Waals surface area contributed by atoms with Crippen LogP contribution in [0.5, 0.6) is 0 Å². The fraction of sp³-hybridized carbons (Fsp3) is 0.292. The molecule has 5 rings (SSSR count). The Morgan fingerprint density at radius 2 is 1.83 bits per heavy atom. The third-order valence-electron chi connectivity index (χ3n) is 6.17. The van der Waals surface area contributed by atoms with Crippen LogP contribution in [-0.2, 0) is 32.5 Å². The number of carbonyl (C=O) groups is 3. The SMILES string of the molecule is O=C1CCC(=O)N(Cc2cn(-c3cccc(C(=O)N4CCS(=O)(=O)c5ccccc5C4)c3)nn2)C1. The highest BCUT2D eigenvalue weighted by Gasteiger charge is 2.28. The van der Waals surface area contributed by atoms with E-state index in [-0.39, 0.29) is 67.3 Å². The van der Waals surface area contributed by atoms with Crippen molar-refractivity contribution in [3.8, 4) is 5.69 Å². The van der Waals surface area contributed by atoms with Gasteiger partial charge in [-0.3, -0.25) is 14.4 Å². The molecule has 0 aliphatic carbocycles. The highest BCUT2D eigenvalue weighted by atomic mass is 32.2. The van der Waals surface area contributed by atoms with E-state index in [1.165, 1.54) is 14.5 Å². The molecule has 10 nitrogen and oxygen atoms in total. The van der Waals surface area contributed by atoms with Gasteiger partial charge in [0.05, 0.1) is 35.6 Å². The zero-order valence-corrected chi connectivity index (χ0v) is 19.6. The summed E-state index contributed by atoms with van der Waals surface area (Å²) >= 11 is 0. The number of nitrogens with zero attached hydrogens (tertiary/aromatic N) is 5. The van der Waals surface area contributed by atoms with Crippen molar-refractivity contribution in [2.24, 2.45) is 0 Å². The van der Waals surface area contributed by atoms with Gasteiger partial charge in [0, 0.05) is 31.5 Å². The molecule has 0 bridgehead atoms. The smallest absolute Gasteiger partial charge is 0.254 e. The molecule has 0 spiro atoms. The van der Waals surface area contributed by atoms with Crippen LogP contribution in [0.1, 0.15) is 34.5 Å². The molecule has 2 aromatic carbocycles. The Bertz CT molecular complexity index is 1430. The van der Waals surface area contributed by atoms with Crippen molar-refractivity contribution < 1.29 is 22.8 Å². The molecule has 0 saturated carbocycles. The van der Waals surface area contributed by atoms with Crippen LogP contribution in [0.3, 0.4) is 0 Å². The number of hydrogen-bond acceptors (Lipinski definition) is 7. The average Bonchev–Trinajstić information content (AvgIpc) is 3.27. The number of fused-ring (bicyclic) bond motifs is 1. The Kier molecular flexibility index (Phi) is 5.93. The van der Waals surface area contributed by atoms with E-state index >= 15 is 0 Å². The first-order valence-corrected chi connectivity index (χ1v) is 12.9. The third kappa shape index (κ3) is 4.72. The zero-order valence-electron chi connectivity index (χ0n) is 18.8. The molecule has 1 aromatic heterocycles. The standard InChI is InChI=1S/C24H23N5O5S/c30-21-8-9-23(31)28(16-21)14-19-15-29(26-25-19)20-6-3-5-17(12-20)24(32)27-10-11-35(33,34)22-7-2-1-4-18(22)13-27/h1-7,12,15H,8-11,13-14,16H2. The number of rotatable bonds is 4. The zero-order chi connectivity index (χ0) is 24.6. The second-order valence-corrected chi connectivity index (χ2v) is 10.7. The molecule has 0 radical (unpaired) electrons. The molecule has 2 amide bonds. The Labute approximate surface area is 202 Å². The average molecular weight is 494 g/mol. The minimum absolute atomic E-state index is 0.0205. The number of hydrogen-bond donors (Lipinski definition) is 0. The maximum Gasteiger partial charge on any atom is 0.254 e. The second-order valence-electron chi connectivity index (χ2n) is 8.65. The van der Waals surface area contributed by atoms with Crippen LogP contribution in [-0.4, -0.2) is 69.7 Å². The summed E-state index contributed by atoms with van der Waals surface area (Å²) in [6, 6.07) is 13.6. The van der Waals surface area contributed by atoms with Gasteiger partial charge in [0.25, 0.3) is 5.91 Å². The van der Waals surface area contributed by atoms with Gasteiger partial charge in [-0.1, -0.05) is 29.5 Å². The van der Waals surface area contributed by atoms with Crippen LogP contribution >= 0.6 is 0 Å². The van der Waals surface area contributed by atoms with Crippen LogP contribution in [0, 0.1) is 0 Å². The van der Waals surface area contributed by atoms with E-state index in [4.69, 9.17) is 0 Å². The fourth-order valence-corrected chi connectivity index (χ4v) is 5.82. The van der Waals surface area contributed by atoms with Gasteiger partial charge in [0.2, 0.25) is 5.91 Å². The number of Topliss-reactive ketones (excluding diaryl/α,β-unsaturated/α-hetero) is 1. The van der Waals surface area contributed by atoms with E-state index in [1.807, 2.05) is 0 Å². The van der Waals surface area contributed by atoms with Gasteiger partial charge in [-0.05, 0) is 29.8 Å². The summed E-state index contributed by atoms with van der Waals surface area (Å²) in [5.41, 5.74) is 2.12. The molecule has 3 aromatic rings. The minimum Gasteiger partial charge on any atom is -0.333 e. The maximum absolute atomic E-state index is 13.3. The van der Waals surface area contributed by atoms with Gasteiger partial charge in [0.15, 0.2) is 15.6 Å². The number of likely N-dealkylation sites (tertiary alicyclic amines) is 1. The monoisotopic (exact) mass is 493 g/mol. The number of aromatic nitrogens is 3. The van der Waals surface area contributed by atoms with E-state index in [0.717, 1.165) is 0 Å². The topological polar surface area (TPSA) is 123 Å². The number of sulfone groups is 1. The van der Waals surface area contributed by atoms with Gasteiger partial charge >= 0.3 is 0 Å². The largest absolute Gasteiger partial charge is 0.333 e. The number of carbonyl (C=O) groups excluding carboxylic acids is 3. The number of amides is 2. The number of ketones is 1. The molecule has 0 atom stereocenters. The van der Waals surface area contributed by atoms with Crippen molar-refractivity contribution >= 4 is 27.4 Å². The number of benzene rings is 2. The molecular weight excluding hydrogens is 470 g/mol. The fourth-order valence-electron chi connectivity index (χ4n) is 4.32. The highest BCUT2D eigenvalue weighted by molar-refractivity contribution is 7.91. The number of piperidine rings is 1. The molecule has 0 unspecified atom stereocenters. The molecule has 1 fully saturated rings. The van der Waals surface area contributed by atoms with Gasteiger partial charge in [-0.2, -0.15) is 0 Å². The van der Waals surface area contributed by atoms with Gasteiger partial charge in [0.1, 0.15) is 5.69 Å². The summed E-state index contributed by atoms with van der Waals surface area (Å²) in [5.74, 6) is -0.490. The van der Waals surface area contributed by atoms with Crippen LogP contribution in [0.2, 0.25) is 0 Å². The molecule has 3 heterocycles. The maximum atomic E-state index is 13.3. The summed E-state index contributed by atoms with van der Waals surface area (Å²) in [6.07, 6.45) is 2.14. The van der Waals surface area contributed by atoms with Crippen LogP contribution in [0.15, 0.2) is 59.6 Å². The lowest BCUT2D eigenvalue weighted by molar-refractivity contribution is -0.140. The van der Waals surface area contributed by atoms with Crippen molar-refractivity contribution in [1.29, 1.82) is 0 Å². The van der Waals surface area contributed by atoms with Crippen molar-refractivity contribution in [2.75, 3.05) is 18.8 Å². The minimum atomic E-state index is -3.46. The van der Waals surface area contributed by atoms with Gasteiger partial charge < -0.3 is 9.80 Å². The van der Waals surface area contributed by atoms with E-state index in [0.29, 0.717) is 22.5 Å². The molecule has 1 saturated heterocycles. The van der Waals surface area contributed by atoms with Crippen molar-refractivity contribution in [1.82, 2.24) is 24.8 Å². The predicted molar refractivity (Wildman–Crippen MR) is 124 cm³/mol. The second kappa shape index (κ2) is 9.06. The third-order valence-corrected chi connectivity index (χ3v) is 7.96. The predicted octanol–water partition coefficient (Wildman–Crippen LogP) is 1.39. The molecule has 11 heteroatoms. The molecule has 2 aliphatic rings. The van der Waals surface area contributed by atoms with Crippen molar-refractivity contribution in [3.63, 3.8) is 0 Å². The van der Waals surface area contributed by atoms with Crippen LogP contribution in [0.4, 0.5) is 0 Å². The van der Waals surface area contributed by atoms with E-state index in [9.17, 15) is 22.8 Å². The first-order chi connectivity index (χ1) is 16.8. The molecule has 180 valence electrons. The first kappa shape index (κ1) is 22.9. The lowest BCUT2D eigenvalue weighted by atomic mass is 10.1. The van der Waals surface area contributed by atoms with Crippen LogP contribution in [0.25, 0.3) is 5.69 Å². The quantitative estimate of drug-likeness (QED) is 0.538. The Morgan fingerprint density at radius 1 is 1.00 bits per heavy atom. The Morgan fingerprint density at radius 3 is 2.69 bits per heavy atom. The van der Waals surface area contributed by atoms with Gasteiger partial charge in [-0.25, -0.2) is 13.1 Å². The Balaban J connectivity index is 1.35. The molecular formula is C24H23N5O5S. The lowest BCUT2D eigenvalue weighted by Crippen LogP contribution is -2.39. The highest BCUT2D eigenvalue weighted by Crippen LogP contribution is 2.24. The first-order valence-electron chi connectivity index (χ1n) is 11.2. The van der Waals surface area contributed by atoms with E-state index in [1.54, 1.807) is 54.7 Å². The molecule has 0 N–H and O–H groups in total. The van der Waals surface area contributed by atoms with Gasteiger partial charge in [-0.15, -0.1) is 5.10 Å². The summed E-state index contributed by atoms with van der Waals surface area (Å²) in [7, 11) is -3.46. The van der Waals surface area contributed by atoms with Crippen molar-refractivity contribution in [2.45, 2.75) is 30.8 Å². The van der Waals surface area contributed by atoms with E-state index in [2.05, 4.69) is 10.3 Å². The summed E-state index contributed by atoms with van der Waals surface area (Å²) in [5, 5.41) is 8.22. The van der Waals surface area contributed by atoms with E-state index < -0.39 is 9.84 Å². The van der Waals surface area contributed by atoms with Crippen LogP contribution < -0.4 is 0 Å².